The number of benzene rings is 1. The molecule has 82 valence electrons. The van der Waals surface area contributed by atoms with Crippen molar-refractivity contribution >= 4 is 33.2 Å². The lowest BCUT2D eigenvalue weighted by atomic mass is 10.1. The third kappa shape index (κ3) is 2.47. The Balaban J connectivity index is 2.30. The number of anilines is 1. The lowest BCUT2D eigenvalue weighted by Crippen LogP contribution is -2.43. The summed E-state index contributed by atoms with van der Waals surface area (Å²) >= 11 is 9.56. The number of hydrogen-bond donors (Lipinski definition) is 1. The van der Waals surface area contributed by atoms with E-state index in [2.05, 4.69) is 39.1 Å². The molecule has 0 saturated carbocycles. The first-order valence-electron chi connectivity index (χ1n) is 5.10. The van der Waals surface area contributed by atoms with Crippen molar-refractivity contribution in [3.8, 4) is 0 Å². The first-order valence-corrected chi connectivity index (χ1v) is 6.27. The molecule has 1 fully saturated rings. The number of hydrogen-bond acceptors (Lipinski definition) is 2. The monoisotopic (exact) mass is 288 g/mol. The van der Waals surface area contributed by atoms with Gasteiger partial charge in [-0.2, -0.15) is 0 Å². The number of halogens is 2. The maximum absolute atomic E-state index is 6.12. The van der Waals surface area contributed by atoms with Crippen LogP contribution in [0.15, 0.2) is 16.6 Å². The van der Waals surface area contributed by atoms with Gasteiger partial charge in [0.15, 0.2) is 0 Å². The minimum absolute atomic E-state index is 0.786. The zero-order valence-corrected chi connectivity index (χ0v) is 11.0. The summed E-state index contributed by atoms with van der Waals surface area (Å²) in [5.41, 5.74) is 2.53. The first kappa shape index (κ1) is 11.2. The Bertz CT molecular complexity index is 362. The fourth-order valence-corrected chi connectivity index (χ4v) is 2.50. The van der Waals surface area contributed by atoms with Gasteiger partial charge in [0.25, 0.3) is 0 Å². The average Bonchev–Trinajstić information content (AvgIpc) is 2.25. The van der Waals surface area contributed by atoms with Crippen molar-refractivity contribution in [2.45, 2.75) is 6.92 Å². The minimum Gasteiger partial charge on any atom is -0.369 e. The Morgan fingerprint density at radius 1 is 1.33 bits per heavy atom. The van der Waals surface area contributed by atoms with Gasteiger partial charge in [0.05, 0.1) is 5.02 Å². The van der Waals surface area contributed by atoms with Crippen LogP contribution in [-0.2, 0) is 0 Å². The largest absolute Gasteiger partial charge is 0.369 e. The van der Waals surface area contributed by atoms with Gasteiger partial charge in [-0.1, -0.05) is 11.6 Å². The molecule has 0 amide bonds. The van der Waals surface area contributed by atoms with Crippen LogP contribution in [0.4, 0.5) is 5.69 Å². The SMILES string of the molecule is Cc1cc(Br)c(Cl)cc1N1CCNCC1. The number of nitrogens with one attached hydrogen (secondary N) is 1. The third-order valence-electron chi connectivity index (χ3n) is 2.70. The zero-order valence-electron chi connectivity index (χ0n) is 8.69. The van der Waals surface area contributed by atoms with Gasteiger partial charge in [-0.3, -0.25) is 0 Å². The fourth-order valence-electron chi connectivity index (χ4n) is 1.88. The molecule has 2 nitrogen and oxygen atoms in total. The summed E-state index contributed by atoms with van der Waals surface area (Å²) in [5, 5.41) is 4.13. The van der Waals surface area contributed by atoms with Crippen molar-refractivity contribution in [1.29, 1.82) is 0 Å². The summed E-state index contributed by atoms with van der Waals surface area (Å²) in [5.74, 6) is 0. The first-order chi connectivity index (χ1) is 7.18. The van der Waals surface area contributed by atoms with E-state index in [-0.39, 0.29) is 0 Å². The van der Waals surface area contributed by atoms with E-state index in [0.717, 1.165) is 35.7 Å². The molecule has 0 radical (unpaired) electrons. The topological polar surface area (TPSA) is 15.3 Å². The van der Waals surface area contributed by atoms with Gasteiger partial charge in [-0.25, -0.2) is 0 Å². The minimum atomic E-state index is 0.786. The maximum atomic E-state index is 6.12. The van der Waals surface area contributed by atoms with Gasteiger partial charge in [0, 0.05) is 36.3 Å². The van der Waals surface area contributed by atoms with E-state index in [9.17, 15) is 0 Å². The lowest BCUT2D eigenvalue weighted by Gasteiger charge is -2.31. The molecule has 4 heteroatoms. The quantitative estimate of drug-likeness (QED) is 0.855. The normalized spacial score (nSPS) is 16.9. The van der Waals surface area contributed by atoms with Crippen LogP contribution in [0, 0.1) is 6.92 Å². The predicted molar refractivity (Wildman–Crippen MR) is 69.0 cm³/mol. The second-order valence-electron chi connectivity index (χ2n) is 3.79. The molecule has 1 aromatic carbocycles. The molecule has 0 bridgehead atoms. The summed E-state index contributed by atoms with van der Waals surface area (Å²) in [4.78, 5) is 2.38. The molecule has 0 aliphatic carbocycles. The van der Waals surface area contributed by atoms with Crippen LogP contribution < -0.4 is 10.2 Å². The second-order valence-corrected chi connectivity index (χ2v) is 5.05. The van der Waals surface area contributed by atoms with Crippen LogP contribution in [0.3, 0.4) is 0 Å². The van der Waals surface area contributed by atoms with Gasteiger partial charge < -0.3 is 10.2 Å². The van der Waals surface area contributed by atoms with Crippen molar-refractivity contribution in [3.05, 3.63) is 27.2 Å². The average molecular weight is 290 g/mol. The summed E-state index contributed by atoms with van der Waals surface area (Å²) in [7, 11) is 0. The predicted octanol–water partition coefficient (Wildman–Crippen LogP) is 2.82. The molecule has 1 heterocycles. The molecule has 2 rings (SSSR count). The molecule has 0 aromatic heterocycles. The Morgan fingerprint density at radius 2 is 2.00 bits per heavy atom. The van der Waals surface area contributed by atoms with E-state index in [1.54, 1.807) is 0 Å². The van der Waals surface area contributed by atoms with E-state index in [4.69, 9.17) is 11.6 Å². The molecule has 0 spiro atoms. The highest BCUT2D eigenvalue weighted by molar-refractivity contribution is 9.10. The van der Waals surface area contributed by atoms with Crippen molar-refractivity contribution in [3.63, 3.8) is 0 Å². The van der Waals surface area contributed by atoms with Crippen LogP contribution in [-0.4, -0.2) is 26.2 Å². The second kappa shape index (κ2) is 4.73. The van der Waals surface area contributed by atoms with Gasteiger partial charge >= 0.3 is 0 Å². The van der Waals surface area contributed by atoms with Crippen molar-refractivity contribution in [1.82, 2.24) is 5.32 Å². The van der Waals surface area contributed by atoms with Crippen molar-refractivity contribution in [2.24, 2.45) is 0 Å². The Labute approximate surface area is 104 Å². The highest BCUT2D eigenvalue weighted by Gasteiger charge is 2.13. The molecule has 1 N–H and O–H groups in total. The van der Waals surface area contributed by atoms with Crippen LogP contribution >= 0.6 is 27.5 Å². The van der Waals surface area contributed by atoms with Crippen LogP contribution in [0.2, 0.25) is 5.02 Å². The van der Waals surface area contributed by atoms with Gasteiger partial charge in [-0.15, -0.1) is 0 Å². The maximum Gasteiger partial charge on any atom is 0.0568 e. The molecular weight excluding hydrogens is 275 g/mol. The Hall–Kier alpha value is -0.250. The number of rotatable bonds is 1. The standard InChI is InChI=1S/C11H14BrClN2/c1-8-6-9(12)10(13)7-11(8)15-4-2-14-3-5-15/h6-7,14H,2-5H2,1H3. The number of nitrogens with zero attached hydrogens (tertiary/aromatic N) is 1. The highest BCUT2D eigenvalue weighted by atomic mass is 79.9. The summed E-state index contributed by atoms with van der Waals surface area (Å²) in [6, 6.07) is 4.13. The molecule has 15 heavy (non-hydrogen) atoms. The lowest BCUT2D eigenvalue weighted by molar-refractivity contribution is 0.588. The molecule has 1 saturated heterocycles. The van der Waals surface area contributed by atoms with E-state index in [0.29, 0.717) is 0 Å². The van der Waals surface area contributed by atoms with Crippen LogP contribution in [0.5, 0.6) is 0 Å². The molecule has 0 atom stereocenters. The summed E-state index contributed by atoms with van der Waals surface area (Å²) < 4.78 is 0.973. The van der Waals surface area contributed by atoms with E-state index < -0.39 is 0 Å². The molecule has 1 aromatic rings. The van der Waals surface area contributed by atoms with E-state index >= 15 is 0 Å². The van der Waals surface area contributed by atoms with E-state index in [1.807, 2.05) is 6.07 Å². The zero-order chi connectivity index (χ0) is 10.8. The molecular formula is C11H14BrClN2. The third-order valence-corrected chi connectivity index (χ3v) is 3.89. The van der Waals surface area contributed by atoms with E-state index in [1.165, 1.54) is 11.3 Å². The Kier molecular flexibility index (Phi) is 3.54. The van der Waals surface area contributed by atoms with Crippen LogP contribution in [0.1, 0.15) is 5.56 Å². The van der Waals surface area contributed by atoms with Gasteiger partial charge in [-0.05, 0) is 40.5 Å². The highest BCUT2D eigenvalue weighted by Crippen LogP contribution is 2.31. The smallest absolute Gasteiger partial charge is 0.0568 e. The Morgan fingerprint density at radius 3 is 2.67 bits per heavy atom. The summed E-state index contributed by atoms with van der Waals surface area (Å²) in [6.07, 6.45) is 0. The van der Waals surface area contributed by atoms with Crippen molar-refractivity contribution in [2.75, 3.05) is 31.1 Å². The van der Waals surface area contributed by atoms with Gasteiger partial charge in [0.2, 0.25) is 0 Å². The molecule has 1 aliphatic rings. The number of piperazine rings is 1. The molecule has 1 aliphatic heterocycles. The van der Waals surface area contributed by atoms with Crippen molar-refractivity contribution < 1.29 is 0 Å². The number of aryl methyl sites for hydroxylation is 1. The fraction of sp³-hybridized carbons (Fsp3) is 0.455. The van der Waals surface area contributed by atoms with Gasteiger partial charge in [0.1, 0.15) is 0 Å². The molecule has 0 unspecified atom stereocenters. The van der Waals surface area contributed by atoms with Crippen LogP contribution in [0.25, 0.3) is 0 Å². The summed E-state index contributed by atoms with van der Waals surface area (Å²) in [6.45, 7) is 6.33.